The first-order valence-electron chi connectivity index (χ1n) is 16.9. The fourth-order valence-electron chi connectivity index (χ4n) is 6.08. The second-order valence-electron chi connectivity index (χ2n) is 14.6. The van der Waals surface area contributed by atoms with E-state index in [2.05, 4.69) is 73.2 Å². The van der Waals surface area contributed by atoms with E-state index < -0.39 is 5.60 Å². The molecule has 3 amide bonds. The van der Waals surface area contributed by atoms with Crippen LogP contribution in [0.15, 0.2) is 67.8 Å². The van der Waals surface area contributed by atoms with E-state index in [-0.39, 0.29) is 23.2 Å². The number of hydrogen-bond acceptors (Lipinski definition) is 9. The highest BCUT2D eigenvalue weighted by Crippen LogP contribution is 2.27. The van der Waals surface area contributed by atoms with E-state index in [1.165, 1.54) is 18.2 Å². The number of ether oxygens (including phenoxy) is 1. The van der Waals surface area contributed by atoms with Crippen LogP contribution in [-0.2, 0) is 11.2 Å². The monoisotopic (exact) mass is 659 g/mol. The summed E-state index contributed by atoms with van der Waals surface area (Å²) < 4.78 is 5.50. The van der Waals surface area contributed by atoms with Crippen molar-refractivity contribution in [3.63, 3.8) is 0 Å². The molecule has 0 unspecified atom stereocenters. The third-order valence-electron chi connectivity index (χ3n) is 8.50. The number of piperazine rings is 2. The first-order valence-corrected chi connectivity index (χ1v) is 16.9. The number of unbranched alkanes of at least 4 members (excludes halogenated alkanes) is 1. The Labute approximate surface area is 285 Å². The smallest absolute Gasteiger partial charge is 0.410 e. The number of hydrogen-bond donors (Lipinski definition) is 1. The maximum absolute atomic E-state index is 12.7. The van der Waals surface area contributed by atoms with Gasteiger partial charge in [-0.1, -0.05) is 30.3 Å². The van der Waals surface area contributed by atoms with Crippen LogP contribution in [0.3, 0.4) is 0 Å². The minimum absolute atomic E-state index is 0.0312. The molecule has 2 saturated heterocycles. The topological polar surface area (TPSA) is 120 Å². The van der Waals surface area contributed by atoms with Crippen LogP contribution in [0.2, 0.25) is 0 Å². The molecule has 0 bridgehead atoms. The maximum atomic E-state index is 12.7. The largest absolute Gasteiger partial charge is 0.444 e. The van der Waals surface area contributed by atoms with Gasteiger partial charge in [-0.3, -0.25) is 4.90 Å². The fourth-order valence-corrected chi connectivity index (χ4v) is 6.08. The van der Waals surface area contributed by atoms with Crippen LogP contribution in [0, 0.1) is 0 Å². The number of carbonyl (C=O) groups is 2. The highest BCUT2D eigenvalue weighted by Gasteiger charge is 2.39. The number of urea groups is 1. The highest BCUT2D eigenvalue weighted by molar-refractivity contribution is 5.75. The normalized spacial score (nSPS) is 17.2. The number of amides is 3. The summed E-state index contributed by atoms with van der Waals surface area (Å²) in [5.74, 6) is 0. The molecule has 2 fully saturated rings. The Morgan fingerprint density at radius 1 is 0.750 bits per heavy atom. The second-order valence-corrected chi connectivity index (χ2v) is 14.6. The van der Waals surface area contributed by atoms with Crippen molar-refractivity contribution in [1.82, 2.24) is 35.1 Å². The average Bonchev–Trinajstić information content (AvgIpc) is 3.04. The van der Waals surface area contributed by atoms with Gasteiger partial charge in [0.2, 0.25) is 0 Å². The molecule has 0 radical (unpaired) electrons. The van der Waals surface area contributed by atoms with Crippen LogP contribution >= 0.6 is 0 Å². The molecular formula is C36H53N9O3. The molecule has 3 aromatic rings. The van der Waals surface area contributed by atoms with Crippen LogP contribution in [0.4, 0.5) is 21.0 Å². The van der Waals surface area contributed by atoms with Gasteiger partial charge in [-0.25, -0.2) is 29.5 Å². The van der Waals surface area contributed by atoms with Gasteiger partial charge in [-0.05, 0) is 73.3 Å². The van der Waals surface area contributed by atoms with E-state index in [0.717, 1.165) is 56.8 Å². The van der Waals surface area contributed by atoms with Crippen molar-refractivity contribution in [3.05, 3.63) is 73.3 Å². The molecule has 1 N–H and O–H groups in total. The number of carbonyl (C=O) groups excluding carboxylic acids is 2. The third-order valence-corrected chi connectivity index (χ3v) is 8.50. The van der Waals surface area contributed by atoms with Gasteiger partial charge in [0.1, 0.15) is 18.3 Å². The Morgan fingerprint density at radius 3 is 1.73 bits per heavy atom. The van der Waals surface area contributed by atoms with Gasteiger partial charge in [-0.2, -0.15) is 0 Å². The average molecular weight is 660 g/mol. The third kappa shape index (κ3) is 10.5. The summed E-state index contributed by atoms with van der Waals surface area (Å²) in [4.78, 5) is 49.5. The summed E-state index contributed by atoms with van der Waals surface area (Å²) in [7, 11) is 0. The van der Waals surface area contributed by atoms with Crippen molar-refractivity contribution in [2.75, 3.05) is 55.6 Å². The molecule has 4 heterocycles. The van der Waals surface area contributed by atoms with Gasteiger partial charge in [0.15, 0.2) is 0 Å². The molecule has 260 valence electrons. The van der Waals surface area contributed by atoms with Crippen LogP contribution < -0.4 is 15.1 Å². The van der Waals surface area contributed by atoms with E-state index in [0.29, 0.717) is 19.6 Å². The Hall–Kier alpha value is -4.48. The molecule has 2 aromatic heterocycles. The highest BCUT2D eigenvalue weighted by atomic mass is 16.6. The van der Waals surface area contributed by atoms with Crippen molar-refractivity contribution in [3.8, 4) is 0 Å². The molecule has 1 aromatic carbocycles. The number of aromatic nitrogens is 4. The lowest BCUT2D eigenvalue weighted by Crippen LogP contribution is -2.63. The maximum Gasteiger partial charge on any atom is 0.410 e. The summed E-state index contributed by atoms with van der Waals surface area (Å²) in [6, 6.07) is 10.5. The van der Waals surface area contributed by atoms with Crippen molar-refractivity contribution < 1.29 is 14.3 Å². The number of anilines is 2. The lowest BCUT2D eigenvalue weighted by molar-refractivity contribution is 0.000358. The second kappa shape index (κ2) is 16.1. The van der Waals surface area contributed by atoms with Gasteiger partial charge in [0.05, 0.1) is 47.2 Å². The predicted octanol–water partition coefficient (Wildman–Crippen LogP) is 5.42. The predicted molar refractivity (Wildman–Crippen MR) is 189 cm³/mol. The van der Waals surface area contributed by atoms with Crippen LogP contribution in [-0.4, -0.2) is 104 Å². The van der Waals surface area contributed by atoms with E-state index in [1.54, 1.807) is 17.3 Å². The Bertz CT molecular complexity index is 1430. The van der Waals surface area contributed by atoms with E-state index in [1.807, 2.05) is 58.0 Å². The molecule has 12 nitrogen and oxygen atoms in total. The van der Waals surface area contributed by atoms with Crippen molar-refractivity contribution in [1.29, 1.82) is 0 Å². The molecule has 2 aliphatic heterocycles. The molecule has 0 saturated carbocycles. The summed E-state index contributed by atoms with van der Waals surface area (Å²) in [6.45, 7) is 19.0. The standard InChI is InChI=1S/C21H29N5O.C15H24N4O2/c1-21(2)16-25(19-14-22-17-23-15-19)12-13-26(21)20(27)24-11-7-6-10-18-8-4-3-5-9-18;1-14(2,3)21-13(20)19-7-6-18(10-15(19,4)5)12-8-16-11-17-9-12/h3-5,8-9,14-15,17H,6-7,10-13,16H2,1-2H3,(H,24,27);8-9,11H,6-7,10H2,1-5H3. The van der Waals surface area contributed by atoms with Crippen molar-refractivity contribution in [2.45, 2.75) is 84.4 Å². The van der Waals surface area contributed by atoms with Gasteiger partial charge in [0, 0.05) is 45.8 Å². The zero-order valence-electron chi connectivity index (χ0n) is 29.7. The van der Waals surface area contributed by atoms with E-state index in [4.69, 9.17) is 4.74 Å². The molecule has 2 aliphatic rings. The van der Waals surface area contributed by atoms with Crippen LogP contribution in [0.5, 0.6) is 0 Å². The molecule has 0 spiro atoms. The van der Waals surface area contributed by atoms with Crippen molar-refractivity contribution >= 4 is 23.5 Å². The van der Waals surface area contributed by atoms with Gasteiger partial charge in [0.25, 0.3) is 0 Å². The SMILES string of the molecule is CC(C)(C)OC(=O)N1CCN(c2cncnc2)CC1(C)C.CC1(C)CN(c2cncnc2)CCN1C(=O)NCCCCc1ccccc1. The quantitative estimate of drug-likeness (QED) is 0.332. The summed E-state index contributed by atoms with van der Waals surface area (Å²) in [6.07, 6.45) is 13.2. The van der Waals surface area contributed by atoms with Crippen molar-refractivity contribution in [2.24, 2.45) is 0 Å². The molecular weight excluding hydrogens is 606 g/mol. The first kappa shape index (κ1) is 36.4. The first-order chi connectivity index (χ1) is 22.7. The minimum atomic E-state index is -0.475. The zero-order valence-corrected chi connectivity index (χ0v) is 29.7. The zero-order chi connectivity index (χ0) is 34.8. The Kier molecular flexibility index (Phi) is 12.2. The number of nitrogens with one attached hydrogen (secondary N) is 1. The minimum Gasteiger partial charge on any atom is -0.444 e. The van der Waals surface area contributed by atoms with Gasteiger partial charge in [-0.15, -0.1) is 0 Å². The van der Waals surface area contributed by atoms with E-state index >= 15 is 0 Å². The summed E-state index contributed by atoms with van der Waals surface area (Å²) in [5, 5.41) is 3.09. The molecule has 0 aliphatic carbocycles. The lowest BCUT2D eigenvalue weighted by atomic mass is 9.99. The van der Waals surface area contributed by atoms with Gasteiger partial charge >= 0.3 is 12.1 Å². The summed E-state index contributed by atoms with van der Waals surface area (Å²) >= 11 is 0. The Morgan fingerprint density at radius 2 is 1.25 bits per heavy atom. The van der Waals surface area contributed by atoms with E-state index in [9.17, 15) is 9.59 Å². The molecule has 0 atom stereocenters. The number of rotatable bonds is 7. The van der Waals surface area contributed by atoms with Gasteiger partial charge < -0.3 is 24.8 Å². The Balaban J connectivity index is 0.000000224. The number of benzene rings is 1. The molecule has 5 rings (SSSR count). The fraction of sp³-hybridized carbons (Fsp3) is 0.556. The number of aryl methyl sites for hydroxylation is 1. The van der Waals surface area contributed by atoms with Crippen LogP contribution in [0.1, 0.15) is 66.9 Å². The summed E-state index contributed by atoms with van der Waals surface area (Å²) in [5.41, 5.74) is 2.31. The lowest BCUT2D eigenvalue weighted by Gasteiger charge is -2.47. The molecule has 48 heavy (non-hydrogen) atoms. The number of nitrogens with zero attached hydrogens (tertiary/aromatic N) is 8. The molecule has 12 heteroatoms. The van der Waals surface area contributed by atoms with Crippen LogP contribution in [0.25, 0.3) is 0 Å².